The van der Waals surface area contributed by atoms with Gasteiger partial charge < -0.3 is 19.5 Å². The SMILES string of the molecule is CN1CCOC(COc2ccc(C=CC(=O)O)cc2)C1. The first-order valence-electron chi connectivity index (χ1n) is 6.57. The molecule has 2 rings (SSSR count). The summed E-state index contributed by atoms with van der Waals surface area (Å²) < 4.78 is 11.3. The van der Waals surface area contributed by atoms with Crippen LogP contribution in [0.2, 0.25) is 0 Å². The van der Waals surface area contributed by atoms with Crippen LogP contribution in [0.1, 0.15) is 5.56 Å². The Balaban J connectivity index is 1.83. The second-order valence-electron chi connectivity index (χ2n) is 4.81. The maximum atomic E-state index is 10.4. The van der Waals surface area contributed by atoms with Crippen LogP contribution in [0.25, 0.3) is 6.08 Å². The molecule has 0 bridgehead atoms. The summed E-state index contributed by atoms with van der Waals surface area (Å²) in [6, 6.07) is 7.30. The minimum absolute atomic E-state index is 0.0975. The summed E-state index contributed by atoms with van der Waals surface area (Å²) in [5.41, 5.74) is 0.827. The molecular formula is C15H19NO4. The highest BCUT2D eigenvalue weighted by Crippen LogP contribution is 2.14. The lowest BCUT2D eigenvalue weighted by atomic mass is 10.2. The molecule has 1 aliphatic rings. The Hall–Kier alpha value is -1.85. The minimum atomic E-state index is -0.955. The molecule has 1 atom stereocenters. The standard InChI is InChI=1S/C15H19NO4/c1-16-8-9-19-14(10-16)11-20-13-5-2-12(3-6-13)4-7-15(17)18/h2-7,14H,8-11H2,1H3,(H,17,18). The topological polar surface area (TPSA) is 59.0 Å². The van der Waals surface area contributed by atoms with Crippen LogP contribution in [0.4, 0.5) is 0 Å². The predicted molar refractivity (Wildman–Crippen MR) is 75.8 cm³/mol. The Morgan fingerprint density at radius 2 is 2.25 bits per heavy atom. The molecule has 1 aromatic rings. The lowest BCUT2D eigenvalue weighted by molar-refractivity contribution is -0.131. The maximum absolute atomic E-state index is 10.4. The van der Waals surface area contributed by atoms with E-state index in [0.717, 1.165) is 37.1 Å². The molecule has 0 radical (unpaired) electrons. The Labute approximate surface area is 118 Å². The van der Waals surface area contributed by atoms with Crippen LogP contribution in [0.5, 0.6) is 5.75 Å². The smallest absolute Gasteiger partial charge is 0.328 e. The fourth-order valence-corrected chi connectivity index (χ4v) is 2.00. The second kappa shape index (κ2) is 7.07. The molecule has 0 aromatic heterocycles. The summed E-state index contributed by atoms with van der Waals surface area (Å²) in [6.45, 7) is 3.10. The van der Waals surface area contributed by atoms with E-state index in [4.69, 9.17) is 14.6 Å². The number of hydrogen-bond donors (Lipinski definition) is 1. The molecule has 0 aliphatic carbocycles. The van der Waals surface area contributed by atoms with Gasteiger partial charge in [-0.05, 0) is 30.8 Å². The maximum Gasteiger partial charge on any atom is 0.328 e. The van der Waals surface area contributed by atoms with Crippen molar-refractivity contribution in [3.63, 3.8) is 0 Å². The summed E-state index contributed by atoms with van der Waals surface area (Å²) >= 11 is 0. The highest BCUT2D eigenvalue weighted by atomic mass is 16.5. The number of rotatable bonds is 5. The van der Waals surface area contributed by atoms with Gasteiger partial charge >= 0.3 is 5.97 Å². The van der Waals surface area contributed by atoms with Crippen molar-refractivity contribution >= 4 is 12.0 Å². The summed E-state index contributed by atoms with van der Waals surface area (Å²) in [5, 5.41) is 8.55. The summed E-state index contributed by atoms with van der Waals surface area (Å²) in [4.78, 5) is 12.6. The summed E-state index contributed by atoms with van der Waals surface area (Å²) in [6.07, 6.45) is 2.76. The molecular weight excluding hydrogens is 258 g/mol. The quantitative estimate of drug-likeness (QED) is 0.826. The lowest BCUT2D eigenvalue weighted by Crippen LogP contribution is -2.42. The van der Waals surface area contributed by atoms with E-state index in [2.05, 4.69) is 11.9 Å². The van der Waals surface area contributed by atoms with Gasteiger partial charge in [0.25, 0.3) is 0 Å². The monoisotopic (exact) mass is 277 g/mol. The third kappa shape index (κ3) is 4.68. The van der Waals surface area contributed by atoms with Gasteiger partial charge in [0.05, 0.1) is 6.61 Å². The van der Waals surface area contributed by atoms with E-state index >= 15 is 0 Å². The molecule has 1 aromatic carbocycles. The summed E-state index contributed by atoms with van der Waals surface area (Å²) in [7, 11) is 2.07. The van der Waals surface area contributed by atoms with Crippen molar-refractivity contribution in [2.75, 3.05) is 33.4 Å². The van der Waals surface area contributed by atoms with Gasteiger partial charge in [0.1, 0.15) is 18.5 Å². The van der Waals surface area contributed by atoms with Crippen LogP contribution in [-0.4, -0.2) is 55.4 Å². The Bertz CT molecular complexity index is 469. The van der Waals surface area contributed by atoms with E-state index in [1.165, 1.54) is 0 Å². The molecule has 0 spiro atoms. The zero-order valence-corrected chi connectivity index (χ0v) is 11.5. The van der Waals surface area contributed by atoms with Gasteiger partial charge in [-0.15, -0.1) is 0 Å². The molecule has 0 amide bonds. The van der Waals surface area contributed by atoms with Gasteiger partial charge in [-0.3, -0.25) is 0 Å². The molecule has 5 heteroatoms. The molecule has 1 heterocycles. The van der Waals surface area contributed by atoms with Crippen molar-refractivity contribution in [2.45, 2.75) is 6.10 Å². The number of carboxylic acid groups (broad SMARTS) is 1. The Morgan fingerprint density at radius 1 is 1.50 bits per heavy atom. The second-order valence-corrected chi connectivity index (χ2v) is 4.81. The number of carboxylic acids is 1. The van der Waals surface area contributed by atoms with E-state index < -0.39 is 5.97 Å². The average Bonchev–Trinajstić information content (AvgIpc) is 2.44. The van der Waals surface area contributed by atoms with Gasteiger partial charge in [0.2, 0.25) is 0 Å². The molecule has 1 N–H and O–H groups in total. The van der Waals surface area contributed by atoms with Gasteiger partial charge in [-0.1, -0.05) is 12.1 Å². The number of carbonyl (C=O) groups is 1. The first-order chi connectivity index (χ1) is 9.63. The fraction of sp³-hybridized carbons (Fsp3) is 0.400. The van der Waals surface area contributed by atoms with Gasteiger partial charge in [0.15, 0.2) is 0 Å². The van der Waals surface area contributed by atoms with Crippen LogP contribution in [0.3, 0.4) is 0 Å². The van der Waals surface area contributed by atoms with Crippen molar-refractivity contribution in [3.05, 3.63) is 35.9 Å². The molecule has 5 nitrogen and oxygen atoms in total. The molecule has 0 saturated carbocycles. The van der Waals surface area contributed by atoms with E-state index in [1.807, 2.05) is 24.3 Å². The number of hydrogen-bond acceptors (Lipinski definition) is 4. The van der Waals surface area contributed by atoms with Crippen molar-refractivity contribution in [3.8, 4) is 5.75 Å². The number of benzene rings is 1. The highest BCUT2D eigenvalue weighted by molar-refractivity contribution is 5.85. The molecule has 1 unspecified atom stereocenters. The highest BCUT2D eigenvalue weighted by Gasteiger charge is 2.17. The molecule has 20 heavy (non-hydrogen) atoms. The number of morpholine rings is 1. The number of ether oxygens (including phenoxy) is 2. The van der Waals surface area contributed by atoms with Crippen molar-refractivity contribution < 1.29 is 19.4 Å². The zero-order valence-electron chi connectivity index (χ0n) is 11.5. The Kier molecular flexibility index (Phi) is 5.15. The molecule has 1 fully saturated rings. The number of likely N-dealkylation sites (N-methyl/N-ethyl adjacent to an activating group) is 1. The fourth-order valence-electron chi connectivity index (χ4n) is 2.00. The van der Waals surface area contributed by atoms with E-state index in [-0.39, 0.29) is 6.10 Å². The van der Waals surface area contributed by atoms with Crippen LogP contribution in [-0.2, 0) is 9.53 Å². The van der Waals surface area contributed by atoms with Crippen molar-refractivity contribution in [1.82, 2.24) is 4.90 Å². The number of nitrogens with zero attached hydrogens (tertiary/aromatic N) is 1. The molecule has 1 aliphatic heterocycles. The van der Waals surface area contributed by atoms with E-state index in [0.29, 0.717) is 6.61 Å². The first kappa shape index (κ1) is 14.6. The minimum Gasteiger partial charge on any atom is -0.491 e. The van der Waals surface area contributed by atoms with Crippen LogP contribution in [0.15, 0.2) is 30.3 Å². The third-order valence-electron chi connectivity index (χ3n) is 3.08. The molecule has 108 valence electrons. The Morgan fingerprint density at radius 3 is 2.90 bits per heavy atom. The third-order valence-corrected chi connectivity index (χ3v) is 3.08. The average molecular weight is 277 g/mol. The van der Waals surface area contributed by atoms with Crippen molar-refractivity contribution in [1.29, 1.82) is 0 Å². The van der Waals surface area contributed by atoms with E-state index in [9.17, 15) is 4.79 Å². The lowest BCUT2D eigenvalue weighted by Gasteiger charge is -2.29. The first-order valence-corrected chi connectivity index (χ1v) is 6.57. The van der Waals surface area contributed by atoms with Gasteiger partial charge in [-0.2, -0.15) is 0 Å². The van der Waals surface area contributed by atoms with Crippen LogP contribution in [0, 0.1) is 0 Å². The van der Waals surface area contributed by atoms with Crippen LogP contribution >= 0.6 is 0 Å². The normalized spacial score (nSPS) is 20.1. The zero-order chi connectivity index (χ0) is 14.4. The van der Waals surface area contributed by atoms with E-state index in [1.54, 1.807) is 6.08 Å². The van der Waals surface area contributed by atoms with Crippen LogP contribution < -0.4 is 4.74 Å². The van der Waals surface area contributed by atoms with Gasteiger partial charge in [-0.25, -0.2) is 4.79 Å². The molecule has 1 saturated heterocycles. The van der Waals surface area contributed by atoms with Gasteiger partial charge in [0, 0.05) is 19.2 Å². The summed E-state index contributed by atoms with van der Waals surface area (Å²) in [5.74, 6) is -0.196. The predicted octanol–water partition coefficient (Wildman–Crippen LogP) is 1.49. The number of aliphatic carboxylic acids is 1. The largest absolute Gasteiger partial charge is 0.491 e. The van der Waals surface area contributed by atoms with Crippen molar-refractivity contribution in [2.24, 2.45) is 0 Å².